The summed E-state index contributed by atoms with van der Waals surface area (Å²) < 4.78 is 0. The van der Waals surface area contributed by atoms with Crippen LogP contribution in [0.25, 0.3) is 0 Å². The number of hydrogen-bond donors (Lipinski definition) is 1. The highest BCUT2D eigenvalue weighted by atomic mass is 16.3. The summed E-state index contributed by atoms with van der Waals surface area (Å²) >= 11 is 0. The van der Waals surface area contributed by atoms with Crippen molar-refractivity contribution in [2.24, 2.45) is 5.92 Å². The van der Waals surface area contributed by atoms with E-state index >= 15 is 0 Å². The van der Waals surface area contributed by atoms with Gasteiger partial charge in [0.2, 0.25) is 0 Å². The van der Waals surface area contributed by atoms with Gasteiger partial charge in [-0.3, -0.25) is 9.80 Å². The molecule has 3 heteroatoms. The minimum Gasteiger partial charge on any atom is -0.387 e. The van der Waals surface area contributed by atoms with Gasteiger partial charge in [-0.15, -0.1) is 0 Å². The molecule has 1 N–H and O–H groups in total. The first-order valence-corrected chi connectivity index (χ1v) is 8.38. The predicted octanol–water partition coefficient (Wildman–Crippen LogP) is 2.52. The van der Waals surface area contributed by atoms with Gasteiger partial charge in [0.1, 0.15) is 0 Å². The summed E-state index contributed by atoms with van der Waals surface area (Å²) in [5, 5.41) is 10.9. The molecule has 2 saturated heterocycles. The highest BCUT2D eigenvalue weighted by molar-refractivity contribution is 5.19. The second-order valence-electron chi connectivity index (χ2n) is 6.92. The van der Waals surface area contributed by atoms with Crippen LogP contribution < -0.4 is 0 Å². The summed E-state index contributed by atoms with van der Waals surface area (Å²) in [6, 6.07) is 11.1. The molecule has 2 aliphatic rings. The van der Waals surface area contributed by atoms with E-state index in [0.29, 0.717) is 12.0 Å². The molecule has 0 saturated carbocycles. The molecule has 2 heterocycles. The minimum absolute atomic E-state index is 0.218. The van der Waals surface area contributed by atoms with Crippen molar-refractivity contribution in [2.75, 3.05) is 26.2 Å². The lowest BCUT2D eigenvalue weighted by Gasteiger charge is -2.44. The van der Waals surface area contributed by atoms with Crippen molar-refractivity contribution in [3.05, 3.63) is 35.9 Å². The van der Waals surface area contributed by atoms with Gasteiger partial charge in [0.25, 0.3) is 0 Å². The Kier molecular flexibility index (Phi) is 4.63. The van der Waals surface area contributed by atoms with Gasteiger partial charge in [0.05, 0.1) is 6.10 Å². The van der Waals surface area contributed by atoms with Crippen molar-refractivity contribution >= 4 is 0 Å². The number of benzene rings is 1. The first kappa shape index (κ1) is 15.0. The van der Waals surface area contributed by atoms with Crippen molar-refractivity contribution < 1.29 is 5.11 Å². The van der Waals surface area contributed by atoms with Crippen LogP contribution in [-0.2, 0) is 0 Å². The Bertz CT molecular complexity index is 448. The zero-order valence-corrected chi connectivity index (χ0v) is 13.3. The minimum atomic E-state index is -0.390. The van der Waals surface area contributed by atoms with Crippen LogP contribution >= 0.6 is 0 Å². The summed E-state index contributed by atoms with van der Waals surface area (Å²) in [5.41, 5.74) is 1.05. The molecule has 0 aromatic heterocycles. The number of hydrogen-bond acceptors (Lipinski definition) is 3. The molecule has 2 aliphatic heterocycles. The molecule has 21 heavy (non-hydrogen) atoms. The average molecular weight is 288 g/mol. The number of aliphatic hydroxyl groups is 1. The Labute approximate surface area is 128 Å². The monoisotopic (exact) mass is 288 g/mol. The van der Waals surface area contributed by atoms with Crippen LogP contribution in [0.2, 0.25) is 0 Å². The number of fused-ring (bicyclic) bond motifs is 1. The molecule has 0 aliphatic carbocycles. The molecule has 116 valence electrons. The number of piperazine rings is 1. The maximum atomic E-state index is 10.9. The van der Waals surface area contributed by atoms with Crippen LogP contribution in [0.3, 0.4) is 0 Å². The highest BCUT2D eigenvalue weighted by Crippen LogP contribution is 2.30. The fourth-order valence-corrected chi connectivity index (χ4v) is 4.12. The Balaban J connectivity index is 1.75. The number of rotatable bonds is 4. The summed E-state index contributed by atoms with van der Waals surface area (Å²) in [6.45, 7) is 9.10. The average Bonchev–Trinajstić information content (AvgIpc) is 2.95. The molecule has 0 bridgehead atoms. The number of nitrogens with zero attached hydrogens (tertiary/aromatic N) is 2. The van der Waals surface area contributed by atoms with Gasteiger partial charge in [-0.05, 0) is 30.9 Å². The molecule has 3 atom stereocenters. The van der Waals surface area contributed by atoms with Crippen LogP contribution in [-0.4, -0.2) is 53.2 Å². The molecule has 3 rings (SSSR count). The lowest BCUT2D eigenvalue weighted by Crippen LogP contribution is -2.56. The zero-order chi connectivity index (χ0) is 14.8. The highest BCUT2D eigenvalue weighted by Gasteiger charge is 2.37. The van der Waals surface area contributed by atoms with Gasteiger partial charge < -0.3 is 5.11 Å². The quantitative estimate of drug-likeness (QED) is 0.922. The van der Waals surface area contributed by atoms with Crippen LogP contribution in [0.1, 0.15) is 38.4 Å². The van der Waals surface area contributed by atoms with Crippen molar-refractivity contribution in [2.45, 2.75) is 44.9 Å². The Morgan fingerprint density at radius 1 is 1.10 bits per heavy atom. The summed E-state index contributed by atoms with van der Waals surface area (Å²) in [7, 11) is 0. The van der Waals surface area contributed by atoms with Gasteiger partial charge in [-0.25, -0.2) is 0 Å². The van der Waals surface area contributed by atoms with Crippen molar-refractivity contribution in [1.29, 1.82) is 0 Å². The maximum absolute atomic E-state index is 10.9. The fraction of sp³-hybridized carbons (Fsp3) is 0.667. The van der Waals surface area contributed by atoms with Crippen molar-refractivity contribution in [3.8, 4) is 0 Å². The second-order valence-corrected chi connectivity index (χ2v) is 6.92. The van der Waals surface area contributed by atoms with Gasteiger partial charge >= 0.3 is 0 Å². The van der Waals surface area contributed by atoms with Crippen molar-refractivity contribution in [3.63, 3.8) is 0 Å². The maximum Gasteiger partial charge on any atom is 0.0947 e. The van der Waals surface area contributed by atoms with E-state index in [4.69, 9.17) is 0 Å². The van der Waals surface area contributed by atoms with Gasteiger partial charge in [0.15, 0.2) is 0 Å². The molecular weight excluding hydrogens is 260 g/mol. The SMILES string of the molecule is CC(C)C(C(O)c1ccccc1)N1CCN2CCCC2C1. The van der Waals surface area contributed by atoms with E-state index in [9.17, 15) is 5.11 Å². The number of aliphatic hydroxyl groups excluding tert-OH is 1. The van der Waals surface area contributed by atoms with Crippen LogP contribution in [0.15, 0.2) is 30.3 Å². The summed E-state index contributed by atoms with van der Waals surface area (Å²) in [5.74, 6) is 0.452. The molecule has 0 amide bonds. The molecule has 0 spiro atoms. The Morgan fingerprint density at radius 2 is 1.86 bits per heavy atom. The molecule has 1 aromatic rings. The molecule has 2 fully saturated rings. The smallest absolute Gasteiger partial charge is 0.0947 e. The zero-order valence-electron chi connectivity index (χ0n) is 13.3. The largest absolute Gasteiger partial charge is 0.387 e. The summed E-state index contributed by atoms with van der Waals surface area (Å²) in [4.78, 5) is 5.16. The van der Waals surface area contributed by atoms with E-state index in [1.54, 1.807) is 0 Å². The third kappa shape index (κ3) is 3.15. The van der Waals surface area contributed by atoms with E-state index in [0.717, 1.165) is 25.2 Å². The van der Waals surface area contributed by atoms with Crippen LogP contribution in [0, 0.1) is 5.92 Å². The molecular formula is C18H28N2O. The standard InChI is InChI=1S/C18H28N2O/c1-14(2)17(18(21)15-7-4-3-5-8-15)20-12-11-19-10-6-9-16(19)13-20/h3-5,7-8,14,16-18,21H,6,9-13H2,1-2H3. The topological polar surface area (TPSA) is 26.7 Å². The first-order valence-electron chi connectivity index (χ1n) is 8.38. The van der Waals surface area contributed by atoms with Gasteiger partial charge in [0, 0.05) is 31.7 Å². The molecule has 3 unspecified atom stereocenters. The lowest BCUT2D eigenvalue weighted by molar-refractivity contribution is -0.0142. The Hall–Kier alpha value is -0.900. The third-order valence-corrected chi connectivity index (χ3v) is 5.19. The molecule has 3 nitrogen and oxygen atoms in total. The van der Waals surface area contributed by atoms with E-state index < -0.39 is 0 Å². The second kappa shape index (κ2) is 6.47. The van der Waals surface area contributed by atoms with Gasteiger partial charge in [-0.1, -0.05) is 44.2 Å². The van der Waals surface area contributed by atoms with E-state index in [2.05, 4.69) is 23.6 Å². The van der Waals surface area contributed by atoms with E-state index in [-0.39, 0.29) is 12.1 Å². The Morgan fingerprint density at radius 3 is 2.57 bits per heavy atom. The van der Waals surface area contributed by atoms with Gasteiger partial charge in [-0.2, -0.15) is 0 Å². The normalized spacial score (nSPS) is 26.8. The van der Waals surface area contributed by atoms with Crippen LogP contribution in [0.5, 0.6) is 0 Å². The molecule has 0 radical (unpaired) electrons. The fourth-order valence-electron chi connectivity index (χ4n) is 4.12. The summed E-state index contributed by atoms with van der Waals surface area (Å²) in [6.07, 6.45) is 2.27. The van der Waals surface area contributed by atoms with E-state index in [1.807, 2.05) is 30.3 Å². The predicted molar refractivity (Wildman–Crippen MR) is 86.2 cm³/mol. The van der Waals surface area contributed by atoms with E-state index in [1.165, 1.54) is 19.4 Å². The van der Waals surface area contributed by atoms with Crippen molar-refractivity contribution in [1.82, 2.24) is 9.80 Å². The lowest BCUT2D eigenvalue weighted by atomic mass is 9.91. The first-order chi connectivity index (χ1) is 10.2. The molecule has 1 aromatic carbocycles. The van der Waals surface area contributed by atoms with Crippen LogP contribution in [0.4, 0.5) is 0 Å². The third-order valence-electron chi connectivity index (χ3n) is 5.19.